The maximum absolute atomic E-state index is 11.0. The second-order valence-electron chi connectivity index (χ2n) is 2.89. The molecule has 0 fully saturated rings. The second-order valence-corrected chi connectivity index (χ2v) is 3.89. The third-order valence-corrected chi connectivity index (χ3v) is 2.68. The molecule has 0 aromatic carbocycles. The number of hydrogen-bond donors (Lipinski definition) is 2. The normalized spacial score (nSPS) is 9.20. The Morgan fingerprint density at radius 1 is 1.67 bits per heavy atom. The van der Waals surface area contributed by atoms with Gasteiger partial charge in [0.25, 0.3) is 0 Å². The summed E-state index contributed by atoms with van der Waals surface area (Å²) in [7, 11) is 0. The highest BCUT2D eigenvalue weighted by molar-refractivity contribution is 7.10. The fraction of sp³-hybridized carbons (Fsp3) is 0.364. The molecule has 15 heavy (non-hydrogen) atoms. The maximum atomic E-state index is 11.0. The third-order valence-electron chi connectivity index (χ3n) is 1.75. The van der Waals surface area contributed by atoms with Crippen LogP contribution < -0.4 is 5.32 Å². The summed E-state index contributed by atoms with van der Waals surface area (Å²) in [5.74, 6) is 5.44. The lowest BCUT2D eigenvalue weighted by Crippen LogP contribution is -2.20. The van der Waals surface area contributed by atoms with Crippen LogP contribution in [-0.2, 0) is 11.3 Å². The molecule has 0 bridgehead atoms. The number of hydrogen-bond acceptors (Lipinski definition) is 3. The Labute approximate surface area is 93.1 Å². The van der Waals surface area contributed by atoms with Crippen LogP contribution in [0.5, 0.6) is 0 Å². The van der Waals surface area contributed by atoms with Crippen LogP contribution in [0.4, 0.5) is 0 Å². The zero-order chi connectivity index (χ0) is 11.1. The number of aliphatic hydroxyl groups is 1. The Morgan fingerprint density at radius 3 is 3.13 bits per heavy atom. The highest BCUT2D eigenvalue weighted by Crippen LogP contribution is 2.13. The molecule has 0 aliphatic carbocycles. The Balaban J connectivity index is 2.49. The molecule has 0 saturated carbocycles. The van der Waals surface area contributed by atoms with Gasteiger partial charge in [0, 0.05) is 22.2 Å². The number of aliphatic hydroxyl groups excluding tert-OH is 1. The summed E-state index contributed by atoms with van der Waals surface area (Å²) in [6.07, 6.45) is 0.503. The molecule has 0 unspecified atom stereocenters. The lowest BCUT2D eigenvalue weighted by molar-refractivity contribution is -0.120. The monoisotopic (exact) mass is 223 g/mol. The minimum atomic E-state index is -0.127. The molecule has 2 N–H and O–H groups in total. The van der Waals surface area contributed by atoms with Gasteiger partial charge >= 0.3 is 0 Å². The molecule has 0 spiro atoms. The van der Waals surface area contributed by atoms with Crippen LogP contribution in [0.25, 0.3) is 0 Å². The molecule has 80 valence electrons. The van der Waals surface area contributed by atoms with Crippen molar-refractivity contribution < 1.29 is 9.90 Å². The summed E-state index contributed by atoms with van der Waals surface area (Å²) in [6.45, 7) is 2.25. The fourth-order valence-electron chi connectivity index (χ4n) is 0.991. The van der Waals surface area contributed by atoms with Gasteiger partial charge < -0.3 is 10.4 Å². The molecule has 4 heteroatoms. The third kappa shape index (κ3) is 4.15. The van der Waals surface area contributed by atoms with E-state index in [1.807, 2.05) is 18.4 Å². The zero-order valence-electron chi connectivity index (χ0n) is 8.54. The predicted molar refractivity (Wildman–Crippen MR) is 60.4 cm³/mol. The summed E-state index contributed by atoms with van der Waals surface area (Å²) < 4.78 is 0. The Morgan fingerprint density at radius 2 is 2.47 bits per heavy atom. The lowest BCUT2D eigenvalue weighted by atomic mass is 10.3. The molecule has 0 saturated heterocycles. The van der Waals surface area contributed by atoms with Gasteiger partial charge in [0.2, 0.25) is 5.91 Å². The Hall–Kier alpha value is -1.31. The van der Waals surface area contributed by atoms with Crippen LogP contribution in [0, 0.1) is 11.8 Å². The van der Waals surface area contributed by atoms with Gasteiger partial charge in [-0.05, 0) is 6.07 Å². The van der Waals surface area contributed by atoms with Gasteiger partial charge in [0.05, 0.1) is 6.54 Å². The topological polar surface area (TPSA) is 49.3 Å². The summed E-state index contributed by atoms with van der Waals surface area (Å²) in [6, 6.07) is 1.92. The van der Waals surface area contributed by atoms with Crippen molar-refractivity contribution in [2.24, 2.45) is 0 Å². The van der Waals surface area contributed by atoms with Crippen molar-refractivity contribution in [2.45, 2.75) is 19.9 Å². The molecule has 1 aromatic heterocycles. The van der Waals surface area contributed by atoms with E-state index in [0.717, 1.165) is 10.4 Å². The fourth-order valence-corrected chi connectivity index (χ4v) is 1.75. The molecule has 0 aliphatic rings. The summed E-state index contributed by atoms with van der Waals surface area (Å²) in [4.78, 5) is 12.1. The highest BCUT2D eigenvalue weighted by atomic mass is 32.1. The SMILES string of the molecule is CCC(=O)NCc1cc(C#CCO)cs1. The first-order valence-electron chi connectivity index (χ1n) is 4.70. The smallest absolute Gasteiger partial charge is 0.220 e. The number of rotatable bonds is 3. The number of carbonyl (C=O) groups is 1. The van der Waals surface area contributed by atoms with E-state index in [1.54, 1.807) is 11.3 Å². The molecule has 0 atom stereocenters. The molecule has 1 aromatic rings. The van der Waals surface area contributed by atoms with Crippen molar-refractivity contribution in [3.8, 4) is 11.8 Å². The first kappa shape index (κ1) is 11.8. The van der Waals surface area contributed by atoms with E-state index in [1.165, 1.54) is 0 Å². The van der Waals surface area contributed by atoms with Gasteiger partial charge in [-0.3, -0.25) is 4.79 Å². The van der Waals surface area contributed by atoms with E-state index in [0.29, 0.717) is 13.0 Å². The van der Waals surface area contributed by atoms with Gasteiger partial charge in [-0.2, -0.15) is 0 Å². The standard InChI is InChI=1S/C11H13NO2S/c1-2-11(14)12-7-10-6-9(8-15-10)4-3-5-13/h6,8,13H,2,5,7H2,1H3,(H,12,14). The number of amides is 1. The van der Waals surface area contributed by atoms with Crippen LogP contribution in [0.1, 0.15) is 23.8 Å². The van der Waals surface area contributed by atoms with Crippen molar-refractivity contribution in [3.05, 3.63) is 21.9 Å². The molecule has 0 aliphatic heterocycles. The predicted octanol–water partition coefficient (Wildman–Crippen LogP) is 1.12. The van der Waals surface area contributed by atoms with Gasteiger partial charge in [0.15, 0.2) is 0 Å². The number of nitrogens with one attached hydrogen (secondary N) is 1. The maximum Gasteiger partial charge on any atom is 0.220 e. The van der Waals surface area contributed by atoms with Crippen molar-refractivity contribution in [3.63, 3.8) is 0 Å². The van der Waals surface area contributed by atoms with E-state index in [9.17, 15) is 4.79 Å². The van der Waals surface area contributed by atoms with Crippen LogP contribution in [-0.4, -0.2) is 17.6 Å². The molecule has 3 nitrogen and oxygen atoms in total. The second kappa shape index (κ2) is 6.23. The lowest BCUT2D eigenvalue weighted by Gasteiger charge is -1.99. The van der Waals surface area contributed by atoms with E-state index >= 15 is 0 Å². The summed E-state index contributed by atoms with van der Waals surface area (Å²) in [5, 5.41) is 13.2. The molecule has 1 amide bonds. The van der Waals surface area contributed by atoms with Crippen LogP contribution in [0.15, 0.2) is 11.4 Å². The van der Waals surface area contributed by atoms with Crippen LogP contribution in [0.3, 0.4) is 0 Å². The quantitative estimate of drug-likeness (QED) is 0.754. The van der Waals surface area contributed by atoms with Crippen molar-refractivity contribution in [1.29, 1.82) is 0 Å². The summed E-state index contributed by atoms with van der Waals surface area (Å²) in [5.41, 5.74) is 0.884. The van der Waals surface area contributed by atoms with Crippen molar-refractivity contribution >= 4 is 17.2 Å². The number of thiophene rings is 1. The van der Waals surface area contributed by atoms with Gasteiger partial charge in [-0.25, -0.2) is 0 Å². The molecular weight excluding hydrogens is 210 g/mol. The van der Waals surface area contributed by atoms with E-state index in [-0.39, 0.29) is 12.5 Å². The average Bonchev–Trinajstić information content (AvgIpc) is 2.71. The van der Waals surface area contributed by atoms with Gasteiger partial charge in [-0.15, -0.1) is 11.3 Å². The first-order valence-corrected chi connectivity index (χ1v) is 5.58. The van der Waals surface area contributed by atoms with Crippen molar-refractivity contribution in [1.82, 2.24) is 5.32 Å². The van der Waals surface area contributed by atoms with E-state index in [4.69, 9.17) is 5.11 Å². The van der Waals surface area contributed by atoms with Gasteiger partial charge in [-0.1, -0.05) is 18.8 Å². The molecule has 0 radical (unpaired) electrons. The van der Waals surface area contributed by atoms with Gasteiger partial charge in [0.1, 0.15) is 6.61 Å². The average molecular weight is 223 g/mol. The first-order chi connectivity index (χ1) is 7.26. The molecule has 1 heterocycles. The minimum Gasteiger partial charge on any atom is -0.384 e. The molecular formula is C11H13NO2S. The zero-order valence-corrected chi connectivity index (χ0v) is 9.36. The van der Waals surface area contributed by atoms with Crippen molar-refractivity contribution in [2.75, 3.05) is 6.61 Å². The summed E-state index contributed by atoms with van der Waals surface area (Å²) >= 11 is 1.55. The largest absolute Gasteiger partial charge is 0.384 e. The molecule has 1 rings (SSSR count). The number of carbonyl (C=O) groups excluding carboxylic acids is 1. The highest BCUT2D eigenvalue weighted by Gasteiger charge is 2.00. The Bertz CT molecular complexity index is 387. The van der Waals surface area contributed by atoms with E-state index < -0.39 is 0 Å². The van der Waals surface area contributed by atoms with Crippen LogP contribution >= 0.6 is 11.3 Å². The van der Waals surface area contributed by atoms with E-state index in [2.05, 4.69) is 17.2 Å². The minimum absolute atomic E-state index is 0.0476. The van der Waals surface area contributed by atoms with Crippen LogP contribution in [0.2, 0.25) is 0 Å². The Kier molecular flexibility index (Phi) is 4.88.